The van der Waals surface area contributed by atoms with Crippen LogP contribution in [0.1, 0.15) is 65.7 Å². The molecule has 0 aromatic carbocycles. The fourth-order valence-corrected chi connectivity index (χ4v) is 6.73. The molecule has 1 aliphatic heterocycles. The van der Waals surface area contributed by atoms with Crippen LogP contribution in [0.25, 0.3) is 0 Å². The maximum atomic E-state index is 12.8. The molecule has 0 aromatic rings. The first kappa shape index (κ1) is 20.2. The largest absolute Gasteiger partial charge is 0.353 e. The van der Waals surface area contributed by atoms with Crippen molar-refractivity contribution in [3.63, 3.8) is 0 Å². The molecule has 0 radical (unpaired) electrons. The Kier molecular flexibility index (Phi) is 5.74. The van der Waals surface area contributed by atoms with Gasteiger partial charge in [0.25, 0.3) is 0 Å². The predicted octanol–water partition coefficient (Wildman–Crippen LogP) is 2.90. The van der Waals surface area contributed by atoms with Crippen LogP contribution in [-0.4, -0.2) is 60.4 Å². The van der Waals surface area contributed by atoms with Gasteiger partial charge in [0, 0.05) is 45.1 Å². The van der Waals surface area contributed by atoms with E-state index in [4.69, 9.17) is 0 Å². The maximum Gasteiger partial charge on any atom is 0.223 e. The van der Waals surface area contributed by atoms with Gasteiger partial charge in [-0.2, -0.15) is 0 Å². The number of amides is 2. The molecule has 4 bridgehead atoms. The van der Waals surface area contributed by atoms with E-state index in [1.54, 1.807) is 0 Å². The van der Waals surface area contributed by atoms with Crippen LogP contribution in [0.4, 0.5) is 0 Å². The van der Waals surface area contributed by atoms with Gasteiger partial charge in [-0.25, -0.2) is 0 Å². The van der Waals surface area contributed by atoms with Gasteiger partial charge >= 0.3 is 0 Å². The molecule has 0 spiro atoms. The lowest BCUT2D eigenvalue weighted by atomic mass is 9.54. The topological polar surface area (TPSA) is 52.7 Å². The molecule has 158 valence electrons. The Morgan fingerprint density at radius 1 is 0.893 bits per heavy atom. The molecule has 5 aliphatic rings. The molecule has 0 atom stereocenters. The van der Waals surface area contributed by atoms with Crippen LogP contribution < -0.4 is 5.32 Å². The molecular formula is C23H39N3O2. The third-order valence-corrected chi connectivity index (χ3v) is 8.00. The van der Waals surface area contributed by atoms with Crippen molar-refractivity contribution in [2.75, 3.05) is 32.7 Å². The van der Waals surface area contributed by atoms with Gasteiger partial charge in [0.05, 0.1) is 0 Å². The molecule has 5 nitrogen and oxygen atoms in total. The first-order valence-corrected chi connectivity index (χ1v) is 11.6. The van der Waals surface area contributed by atoms with Gasteiger partial charge in [0.15, 0.2) is 0 Å². The van der Waals surface area contributed by atoms with Gasteiger partial charge in [-0.3, -0.25) is 9.59 Å². The lowest BCUT2D eigenvalue weighted by Crippen LogP contribution is -2.56. The second kappa shape index (κ2) is 7.97. The summed E-state index contributed by atoms with van der Waals surface area (Å²) < 4.78 is 0. The first-order chi connectivity index (χ1) is 13.3. The normalized spacial score (nSPS) is 35.2. The van der Waals surface area contributed by atoms with E-state index in [9.17, 15) is 9.59 Å². The second-order valence-corrected chi connectivity index (χ2v) is 10.9. The smallest absolute Gasteiger partial charge is 0.223 e. The van der Waals surface area contributed by atoms with Gasteiger partial charge in [-0.15, -0.1) is 0 Å². The van der Waals surface area contributed by atoms with Crippen LogP contribution in [0, 0.1) is 29.1 Å². The Morgan fingerprint density at radius 2 is 1.46 bits per heavy atom. The molecule has 4 aliphatic carbocycles. The van der Waals surface area contributed by atoms with E-state index >= 15 is 0 Å². The molecule has 28 heavy (non-hydrogen) atoms. The standard InChI is InChI=1S/C23H39N3O2/c1-4-25-5-7-26(8-6-25)21(28)15-23(2,3)14-20(27)24-22-18-10-16-9-17(12-18)13-19(22)11-16/h16-19,22H,4-15H2,1-3H3,(H,24,27). The van der Waals surface area contributed by atoms with Crippen molar-refractivity contribution < 1.29 is 9.59 Å². The monoisotopic (exact) mass is 389 g/mol. The number of likely N-dealkylation sites (N-methyl/N-ethyl adjacent to an activating group) is 1. The summed E-state index contributed by atoms with van der Waals surface area (Å²) in [5.74, 6) is 3.64. The number of carbonyl (C=O) groups excluding carboxylic acids is 2. The third kappa shape index (κ3) is 4.39. The van der Waals surface area contributed by atoms with E-state index < -0.39 is 0 Å². The Bertz CT molecular complexity index is 567. The summed E-state index contributed by atoms with van der Waals surface area (Å²) >= 11 is 0. The van der Waals surface area contributed by atoms with Crippen molar-refractivity contribution in [2.45, 2.75) is 71.8 Å². The fourth-order valence-electron chi connectivity index (χ4n) is 6.73. The van der Waals surface area contributed by atoms with E-state index in [0.29, 0.717) is 30.7 Å². The zero-order chi connectivity index (χ0) is 19.9. The minimum atomic E-state index is -0.283. The summed E-state index contributed by atoms with van der Waals surface area (Å²) in [4.78, 5) is 30.0. The van der Waals surface area contributed by atoms with Crippen molar-refractivity contribution in [3.8, 4) is 0 Å². The molecule has 5 heteroatoms. The summed E-state index contributed by atoms with van der Waals surface area (Å²) in [7, 11) is 0. The molecule has 0 aromatic heterocycles. The number of nitrogens with one attached hydrogen (secondary N) is 1. The van der Waals surface area contributed by atoms with Gasteiger partial charge in [-0.1, -0.05) is 20.8 Å². The van der Waals surface area contributed by atoms with Crippen molar-refractivity contribution in [1.82, 2.24) is 15.1 Å². The number of carbonyl (C=O) groups is 2. The predicted molar refractivity (Wildman–Crippen MR) is 111 cm³/mol. The van der Waals surface area contributed by atoms with Gasteiger partial charge < -0.3 is 15.1 Å². The van der Waals surface area contributed by atoms with Gasteiger partial charge in [-0.05, 0) is 67.7 Å². The minimum absolute atomic E-state index is 0.158. The van der Waals surface area contributed by atoms with Crippen molar-refractivity contribution in [1.29, 1.82) is 0 Å². The molecule has 1 N–H and O–H groups in total. The van der Waals surface area contributed by atoms with E-state index in [2.05, 4.69) is 31.0 Å². The number of nitrogens with zero attached hydrogens (tertiary/aromatic N) is 2. The molecule has 1 heterocycles. The number of hydrogen-bond acceptors (Lipinski definition) is 3. The van der Waals surface area contributed by atoms with E-state index in [1.165, 1.54) is 32.1 Å². The highest BCUT2D eigenvalue weighted by Crippen LogP contribution is 2.53. The highest BCUT2D eigenvalue weighted by atomic mass is 16.2. The zero-order valence-corrected chi connectivity index (χ0v) is 18.1. The van der Waals surface area contributed by atoms with Crippen LogP contribution in [0.5, 0.6) is 0 Å². The van der Waals surface area contributed by atoms with E-state index in [1.807, 2.05) is 4.90 Å². The number of piperazine rings is 1. The molecule has 2 amide bonds. The minimum Gasteiger partial charge on any atom is -0.353 e. The Labute approximate surface area is 170 Å². The molecule has 1 saturated heterocycles. The Hall–Kier alpha value is -1.10. The highest BCUT2D eigenvalue weighted by Gasteiger charge is 2.48. The fraction of sp³-hybridized carbons (Fsp3) is 0.913. The van der Waals surface area contributed by atoms with E-state index in [-0.39, 0.29) is 17.2 Å². The van der Waals surface area contributed by atoms with Gasteiger partial charge in [0.2, 0.25) is 11.8 Å². The summed E-state index contributed by atoms with van der Waals surface area (Å²) in [5, 5.41) is 3.41. The summed E-state index contributed by atoms with van der Waals surface area (Å²) in [6.07, 6.45) is 7.65. The lowest BCUT2D eigenvalue weighted by molar-refractivity contribution is -0.136. The van der Waals surface area contributed by atoms with Crippen LogP contribution >= 0.6 is 0 Å². The van der Waals surface area contributed by atoms with Crippen LogP contribution in [-0.2, 0) is 9.59 Å². The van der Waals surface area contributed by atoms with Crippen molar-refractivity contribution in [2.24, 2.45) is 29.1 Å². The molecule has 5 fully saturated rings. The summed E-state index contributed by atoms with van der Waals surface area (Å²) in [5.41, 5.74) is -0.283. The quantitative estimate of drug-likeness (QED) is 0.760. The second-order valence-electron chi connectivity index (χ2n) is 10.9. The molecular weight excluding hydrogens is 350 g/mol. The van der Waals surface area contributed by atoms with Crippen LogP contribution in [0.3, 0.4) is 0 Å². The highest BCUT2D eigenvalue weighted by molar-refractivity contribution is 5.80. The number of hydrogen-bond donors (Lipinski definition) is 1. The average molecular weight is 390 g/mol. The Morgan fingerprint density at radius 3 is 2.00 bits per heavy atom. The molecule has 4 saturated carbocycles. The average Bonchev–Trinajstić information content (AvgIpc) is 2.63. The maximum absolute atomic E-state index is 12.8. The van der Waals surface area contributed by atoms with E-state index in [0.717, 1.165) is 44.6 Å². The first-order valence-electron chi connectivity index (χ1n) is 11.6. The molecule has 0 unspecified atom stereocenters. The Balaban J connectivity index is 1.26. The summed E-state index contributed by atoms with van der Waals surface area (Å²) in [6.45, 7) is 10.9. The van der Waals surface area contributed by atoms with Crippen molar-refractivity contribution in [3.05, 3.63) is 0 Å². The SMILES string of the molecule is CCN1CCN(C(=O)CC(C)(C)CC(=O)NC2C3CC4CC(C3)CC2C4)CC1. The van der Waals surface area contributed by atoms with Gasteiger partial charge in [0.1, 0.15) is 0 Å². The van der Waals surface area contributed by atoms with Crippen LogP contribution in [0.2, 0.25) is 0 Å². The lowest BCUT2D eigenvalue weighted by Gasteiger charge is -2.54. The number of rotatable bonds is 6. The third-order valence-electron chi connectivity index (χ3n) is 8.00. The molecule has 5 rings (SSSR count). The zero-order valence-electron chi connectivity index (χ0n) is 18.1. The van der Waals surface area contributed by atoms with Crippen molar-refractivity contribution >= 4 is 11.8 Å². The summed E-state index contributed by atoms with van der Waals surface area (Å²) in [6, 6.07) is 0.397. The van der Waals surface area contributed by atoms with Crippen LogP contribution in [0.15, 0.2) is 0 Å².